The number of carbonyl (C=O) groups is 1. The number of hydrogen-bond acceptors (Lipinski definition) is 4. The lowest BCUT2D eigenvalue weighted by Gasteiger charge is -2.20. The van der Waals surface area contributed by atoms with Crippen molar-refractivity contribution in [3.8, 4) is 0 Å². The lowest BCUT2D eigenvalue weighted by molar-refractivity contribution is -0.325. The predicted octanol–water partition coefficient (Wildman–Crippen LogP) is 1.27. The van der Waals surface area contributed by atoms with Gasteiger partial charge in [-0.1, -0.05) is 0 Å². The van der Waals surface area contributed by atoms with Gasteiger partial charge in [-0.15, -0.1) is 0 Å². The second-order valence-corrected chi connectivity index (χ2v) is 3.41. The number of esters is 1. The number of ether oxygens (including phenoxy) is 1. The standard InChI is InChI=1S/C9H10F4N2O3/c1-3-18-7(16)5-4-15(2)14-6(5)8(10,17)9(11,12)13/h4,17H,3H2,1-2H3. The van der Waals surface area contributed by atoms with Crippen molar-refractivity contribution in [2.45, 2.75) is 19.0 Å². The summed E-state index contributed by atoms with van der Waals surface area (Å²) in [5, 5.41) is 12.0. The summed E-state index contributed by atoms with van der Waals surface area (Å²) < 4.78 is 55.6. The van der Waals surface area contributed by atoms with Gasteiger partial charge >= 0.3 is 18.0 Å². The highest BCUT2D eigenvalue weighted by atomic mass is 19.4. The van der Waals surface area contributed by atoms with Crippen molar-refractivity contribution < 1.29 is 32.2 Å². The first kappa shape index (κ1) is 14.4. The molecular weight excluding hydrogens is 260 g/mol. The number of nitrogens with zero attached hydrogens (tertiary/aromatic N) is 2. The van der Waals surface area contributed by atoms with Crippen molar-refractivity contribution in [2.75, 3.05) is 6.61 Å². The fourth-order valence-electron chi connectivity index (χ4n) is 1.23. The molecule has 0 saturated carbocycles. The molecule has 0 bridgehead atoms. The van der Waals surface area contributed by atoms with Crippen LogP contribution in [0.1, 0.15) is 23.0 Å². The van der Waals surface area contributed by atoms with Crippen LogP contribution in [0.5, 0.6) is 0 Å². The first-order valence-corrected chi connectivity index (χ1v) is 4.80. The Balaban J connectivity index is 3.29. The van der Waals surface area contributed by atoms with E-state index in [1.807, 2.05) is 0 Å². The molecule has 0 aromatic carbocycles. The zero-order chi connectivity index (χ0) is 14.1. The first-order valence-electron chi connectivity index (χ1n) is 4.80. The van der Waals surface area contributed by atoms with Crippen molar-refractivity contribution in [3.63, 3.8) is 0 Å². The fraction of sp³-hybridized carbons (Fsp3) is 0.556. The molecule has 1 aromatic heterocycles. The van der Waals surface area contributed by atoms with Crippen molar-refractivity contribution in [3.05, 3.63) is 17.5 Å². The quantitative estimate of drug-likeness (QED) is 0.663. The molecule has 9 heteroatoms. The van der Waals surface area contributed by atoms with Gasteiger partial charge in [-0.3, -0.25) is 4.68 Å². The largest absolute Gasteiger partial charge is 0.462 e. The molecular formula is C9H10F4N2O3. The molecule has 0 spiro atoms. The Morgan fingerprint density at radius 3 is 2.50 bits per heavy atom. The van der Waals surface area contributed by atoms with Crippen LogP contribution >= 0.6 is 0 Å². The highest BCUT2D eigenvalue weighted by Crippen LogP contribution is 2.40. The van der Waals surface area contributed by atoms with Crippen LogP contribution in [-0.2, 0) is 17.6 Å². The van der Waals surface area contributed by atoms with E-state index in [-0.39, 0.29) is 6.61 Å². The Labute approximate surface area is 99.0 Å². The first-order chi connectivity index (χ1) is 8.11. The minimum absolute atomic E-state index is 0.107. The third-order valence-electron chi connectivity index (χ3n) is 2.01. The minimum atomic E-state index is -5.61. The molecule has 1 unspecified atom stereocenters. The number of aromatic nitrogens is 2. The Kier molecular flexibility index (Phi) is 3.65. The molecule has 1 atom stereocenters. The number of aliphatic hydroxyl groups is 1. The van der Waals surface area contributed by atoms with E-state index in [0.29, 0.717) is 0 Å². The maximum Gasteiger partial charge on any atom is 0.454 e. The molecule has 1 rings (SSSR count). The zero-order valence-electron chi connectivity index (χ0n) is 9.45. The highest BCUT2D eigenvalue weighted by Gasteiger charge is 2.59. The Morgan fingerprint density at radius 2 is 2.06 bits per heavy atom. The van der Waals surface area contributed by atoms with E-state index in [1.165, 1.54) is 14.0 Å². The van der Waals surface area contributed by atoms with Gasteiger partial charge < -0.3 is 9.84 Å². The summed E-state index contributed by atoms with van der Waals surface area (Å²) in [5.41, 5.74) is -2.21. The molecule has 1 aromatic rings. The Morgan fingerprint density at radius 1 is 1.50 bits per heavy atom. The summed E-state index contributed by atoms with van der Waals surface area (Å²) >= 11 is 0. The van der Waals surface area contributed by atoms with Crippen LogP contribution in [0.25, 0.3) is 0 Å². The van der Waals surface area contributed by atoms with Crippen LogP contribution < -0.4 is 0 Å². The Bertz CT molecular complexity index is 453. The lowest BCUT2D eigenvalue weighted by Crippen LogP contribution is -2.39. The summed E-state index contributed by atoms with van der Waals surface area (Å²) in [4.78, 5) is 11.3. The molecule has 5 nitrogen and oxygen atoms in total. The SMILES string of the molecule is CCOC(=O)c1cn(C)nc1C(O)(F)C(F)(F)F. The number of halogens is 4. The number of aryl methyl sites for hydroxylation is 1. The summed E-state index contributed by atoms with van der Waals surface area (Å²) in [6.45, 7) is 1.32. The summed E-state index contributed by atoms with van der Waals surface area (Å²) in [7, 11) is 1.18. The molecule has 0 aliphatic heterocycles. The molecule has 0 amide bonds. The van der Waals surface area contributed by atoms with Gasteiger partial charge in [-0.05, 0) is 6.92 Å². The van der Waals surface area contributed by atoms with Gasteiger partial charge in [0.15, 0.2) is 5.69 Å². The van der Waals surface area contributed by atoms with Crippen molar-refractivity contribution in [1.29, 1.82) is 0 Å². The number of carbonyl (C=O) groups excluding carboxylic acids is 1. The van der Waals surface area contributed by atoms with Gasteiger partial charge in [-0.25, -0.2) is 4.79 Å². The lowest BCUT2D eigenvalue weighted by atomic mass is 10.1. The maximum atomic E-state index is 13.4. The topological polar surface area (TPSA) is 64.4 Å². The van der Waals surface area contributed by atoms with Crippen LogP contribution in [0.3, 0.4) is 0 Å². The van der Waals surface area contributed by atoms with Gasteiger partial charge in [0.05, 0.1) is 6.61 Å². The molecule has 0 radical (unpaired) electrons. The number of hydrogen-bond donors (Lipinski definition) is 1. The summed E-state index contributed by atoms with van der Waals surface area (Å²) in [6.07, 6.45) is -4.77. The third kappa shape index (κ3) is 2.45. The molecule has 18 heavy (non-hydrogen) atoms. The molecule has 1 N–H and O–H groups in total. The molecule has 0 fully saturated rings. The van der Waals surface area contributed by atoms with Crippen molar-refractivity contribution in [2.24, 2.45) is 7.05 Å². The van der Waals surface area contributed by atoms with E-state index >= 15 is 0 Å². The van der Waals surface area contributed by atoms with Gasteiger partial charge in [0, 0.05) is 13.2 Å². The second kappa shape index (κ2) is 4.56. The van der Waals surface area contributed by atoms with E-state index in [0.717, 1.165) is 10.9 Å². The average molecular weight is 270 g/mol. The van der Waals surface area contributed by atoms with Gasteiger partial charge in [-0.2, -0.15) is 22.7 Å². The van der Waals surface area contributed by atoms with Crippen LogP contribution in [0.4, 0.5) is 17.6 Å². The molecule has 0 saturated heterocycles. The maximum absolute atomic E-state index is 13.4. The predicted molar refractivity (Wildman–Crippen MR) is 50.2 cm³/mol. The van der Waals surface area contributed by atoms with Crippen molar-refractivity contribution in [1.82, 2.24) is 9.78 Å². The van der Waals surface area contributed by atoms with Crippen LogP contribution in [0, 0.1) is 0 Å². The van der Waals surface area contributed by atoms with Gasteiger partial charge in [0.1, 0.15) is 5.56 Å². The number of alkyl halides is 4. The zero-order valence-corrected chi connectivity index (χ0v) is 9.45. The minimum Gasteiger partial charge on any atom is -0.462 e. The number of rotatable bonds is 3. The second-order valence-electron chi connectivity index (χ2n) is 3.41. The smallest absolute Gasteiger partial charge is 0.454 e. The normalized spacial score (nSPS) is 15.3. The van der Waals surface area contributed by atoms with Crippen molar-refractivity contribution >= 4 is 5.97 Å². The van der Waals surface area contributed by atoms with Gasteiger partial charge in [0.2, 0.25) is 0 Å². The van der Waals surface area contributed by atoms with E-state index < -0.39 is 29.3 Å². The third-order valence-corrected chi connectivity index (χ3v) is 2.01. The molecule has 1 heterocycles. The molecule has 102 valence electrons. The van der Waals surface area contributed by atoms with E-state index in [1.54, 1.807) is 0 Å². The summed E-state index contributed by atoms with van der Waals surface area (Å²) in [6, 6.07) is 0. The van der Waals surface area contributed by atoms with E-state index in [9.17, 15) is 22.4 Å². The highest BCUT2D eigenvalue weighted by molar-refractivity contribution is 5.90. The van der Waals surface area contributed by atoms with E-state index in [2.05, 4.69) is 9.84 Å². The van der Waals surface area contributed by atoms with Crippen LogP contribution in [0.15, 0.2) is 6.20 Å². The average Bonchev–Trinajstić information content (AvgIpc) is 2.59. The molecule has 0 aliphatic rings. The van der Waals surface area contributed by atoms with Crippen LogP contribution in [0.2, 0.25) is 0 Å². The van der Waals surface area contributed by atoms with Crippen LogP contribution in [-0.4, -0.2) is 33.6 Å². The monoisotopic (exact) mass is 270 g/mol. The van der Waals surface area contributed by atoms with E-state index in [4.69, 9.17) is 5.11 Å². The van der Waals surface area contributed by atoms with Gasteiger partial charge in [0.25, 0.3) is 0 Å². The fourth-order valence-corrected chi connectivity index (χ4v) is 1.23. The Hall–Kier alpha value is -1.64. The summed E-state index contributed by atoms with van der Waals surface area (Å²) in [5.74, 6) is -5.91. The molecule has 0 aliphatic carbocycles.